The van der Waals surface area contributed by atoms with E-state index in [1.165, 1.54) is 0 Å². The molecule has 0 aromatic carbocycles. The first-order valence-corrected chi connectivity index (χ1v) is 5.78. The van der Waals surface area contributed by atoms with Crippen molar-refractivity contribution in [3.63, 3.8) is 0 Å². The van der Waals surface area contributed by atoms with E-state index in [1.807, 2.05) is 0 Å². The fraction of sp³-hybridized carbons (Fsp3) is 0.583. The smallest absolute Gasteiger partial charge is 0.248 e. The normalized spacial score (nSPS) is 21.8. The van der Waals surface area contributed by atoms with Gasteiger partial charge in [-0.15, -0.1) is 0 Å². The van der Waals surface area contributed by atoms with Gasteiger partial charge in [0.1, 0.15) is 11.6 Å². The number of rotatable bonds is 2. The maximum atomic E-state index is 13.7. The maximum Gasteiger partial charge on any atom is 0.248 e. The first kappa shape index (κ1) is 13.3. The Bertz CT molecular complexity index is 417. The van der Waals surface area contributed by atoms with Gasteiger partial charge in [-0.2, -0.15) is 0 Å². The summed E-state index contributed by atoms with van der Waals surface area (Å²) in [5, 5.41) is 0. The van der Waals surface area contributed by atoms with Crippen molar-refractivity contribution in [3.8, 4) is 0 Å². The Morgan fingerprint density at radius 2 is 1.56 bits per heavy atom. The number of nitrogens with two attached hydrogens (primary N) is 1. The number of nitrogens with zero attached hydrogens (tertiary/aromatic N) is 1. The van der Waals surface area contributed by atoms with Gasteiger partial charge in [-0.25, -0.2) is 17.6 Å². The van der Waals surface area contributed by atoms with Crippen LogP contribution in [0.5, 0.6) is 0 Å². The Balaban J connectivity index is 2.40. The molecule has 0 radical (unpaired) electrons. The molecule has 0 bridgehead atoms. The third-order valence-corrected chi connectivity index (χ3v) is 3.71. The van der Waals surface area contributed by atoms with Crippen molar-refractivity contribution in [2.45, 2.75) is 37.0 Å². The van der Waals surface area contributed by atoms with Crippen molar-refractivity contribution in [3.05, 3.63) is 29.6 Å². The second-order valence-electron chi connectivity index (χ2n) is 4.82. The third-order valence-electron chi connectivity index (χ3n) is 3.71. The van der Waals surface area contributed by atoms with Crippen molar-refractivity contribution in [2.75, 3.05) is 6.54 Å². The molecule has 2 nitrogen and oxygen atoms in total. The molecule has 1 aromatic heterocycles. The van der Waals surface area contributed by atoms with Crippen LogP contribution in [-0.4, -0.2) is 17.5 Å². The lowest BCUT2D eigenvalue weighted by atomic mass is 9.68. The molecule has 0 aliphatic heterocycles. The number of hydrogen-bond donors (Lipinski definition) is 1. The van der Waals surface area contributed by atoms with Gasteiger partial charge in [0.2, 0.25) is 5.92 Å². The van der Waals surface area contributed by atoms with E-state index in [1.54, 1.807) is 0 Å². The van der Waals surface area contributed by atoms with Crippen LogP contribution in [0.25, 0.3) is 0 Å². The van der Waals surface area contributed by atoms with E-state index >= 15 is 0 Å². The molecule has 1 aromatic rings. The largest absolute Gasteiger partial charge is 0.330 e. The quantitative estimate of drug-likeness (QED) is 0.832. The Hall–Kier alpha value is -1.17. The molecule has 1 heterocycles. The fourth-order valence-corrected chi connectivity index (χ4v) is 2.57. The molecule has 100 valence electrons. The van der Waals surface area contributed by atoms with Gasteiger partial charge in [-0.1, -0.05) is 0 Å². The minimum atomic E-state index is -2.77. The van der Waals surface area contributed by atoms with E-state index in [2.05, 4.69) is 4.98 Å². The van der Waals surface area contributed by atoms with Gasteiger partial charge in [-0.3, -0.25) is 4.98 Å². The van der Waals surface area contributed by atoms with E-state index in [4.69, 9.17) is 5.73 Å². The molecule has 0 spiro atoms. The highest BCUT2D eigenvalue weighted by Gasteiger charge is 2.45. The Morgan fingerprint density at radius 3 is 2.00 bits per heavy atom. The third kappa shape index (κ3) is 2.21. The van der Waals surface area contributed by atoms with Crippen molar-refractivity contribution in [2.24, 2.45) is 5.73 Å². The average molecular weight is 262 g/mol. The van der Waals surface area contributed by atoms with Gasteiger partial charge in [0.25, 0.3) is 0 Å². The van der Waals surface area contributed by atoms with Crippen LogP contribution in [0, 0.1) is 11.6 Å². The van der Waals surface area contributed by atoms with Gasteiger partial charge in [-0.05, 0) is 12.8 Å². The lowest BCUT2D eigenvalue weighted by Gasteiger charge is -2.39. The zero-order valence-corrected chi connectivity index (χ0v) is 9.73. The summed E-state index contributed by atoms with van der Waals surface area (Å²) in [6, 6.07) is 0. The summed E-state index contributed by atoms with van der Waals surface area (Å²) < 4.78 is 53.7. The van der Waals surface area contributed by atoms with E-state index in [-0.39, 0.29) is 24.9 Å². The summed E-state index contributed by atoms with van der Waals surface area (Å²) in [7, 11) is 0. The Labute approximate surface area is 102 Å². The van der Waals surface area contributed by atoms with Crippen LogP contribution in [0.15, 0.2) is 12.4 Å². The van der Waals surface area contributed by atoms with Crippen LogP contribution in [0.3, 0.4) is 0 Å². The molecule has 2 rings (SSSR count). The Kier molecular flexibility index (Phi) is 3.31. The van der Waals surface area contributed by atoms with Crippen LogP contribution < -0.4 is 5.73 Å². The fourth-order valence-electron chi connectivity index (χ4n) is 2.57. The SMILES string of the molecule is NCC1(c2c(F)cncc2F)CCC(F)(F)CC1. The van der Waals surface area contributed by atoms with Crippen LogP contribution in [0.2, 0.25) is 0 Å². The van der Waals surface area contributed by atoms with Crippen LogP contribution >= 0.6 is 0 Å². The van der Waals surface area contributed by atoms with Crippen LogP contribution in [0.1, 0.15) is 31.2 Å². The lowest BCUT2D eigenvalue weighted by molar-refractivity contribution is -0.0517. The molecule has 0 amide bonds. The predicted octanol–water partition coefficient (Wildman–Crippen LogP) is 2.77. The van der Waals surface area contributed by atoms with Crippen molar-refractivity contribution in [1.29, 1.82) is 0 Å². The minimum Gasteiger partial charge on any atom is -0.330 e. The summed E-state index contributed by atoms with van der Waals surface area (Å²) in [6.45, 7) is -0.0546. The van der Waals surface area contributed by atoms with E-state index < -0.39 is 35.8 Å². The number of hydrogen-bond acceptors (Lipinski definition) is 2. The van der Waals surface area contributed by atoms with Gasteiger partial charge in [0.05, 0.1) is 12.4 Å². The van der Waals surface area contributed by atoms with Crippen LogP contribution in [-0.2, 0) is 5.41 Å². The summed E-state index contributed by atoms with van der Waals surface area (Å²) in [6.07, 6.45) is 0.949. The van der Waals surface area contributed by atoms with Gasteiger partial charge in [0, 0.05) is 30.4 Å². The zero-order chi connectivity index (χ0) is 13.4. The zero-order valence-electron chi connectivity index (χ0n) is 9.73. The lowest BCUT2D eigenvalue weighted by Crippen LogP contribution is -2.43. The number of halogens is 4. The van der Waals surface area contributed by atoms with Gasteiger partial charge >= 0.3 is 0 Å². The number of aromatic nitrogens is 1. The van der Waals surface area contributed by atoms with Crippen molar-refractivity contribution in [1.82, 2.24) is 4.98 Å². The average Bonchev–Trinajstić information content (AvgIpc) is 2.31. The maximum absolute atomic E-state index is 13.7. The highest BCUT2D eigenvalue weighted by atomic mass is 19.3. The van der Waals surface area contributed by atoms with Gasteiger partial charge < -0.3 is 5.73 Å². The highest BCUT2D eigenvalue weighted by molar-refractivity contribution is 5.28. The highest BCUT2D eigenvalue weighted by Crippen LogP contribution is 2.46. The van der Waals surface area contributed by atoms with Crippen LogP contribution in [0.4, 0.5) is 17.6 Å². The standard InChI is InChI=1S/C12H14F4N2/c13-8-5-18-6-9(14)10(8)11(7-17)1-3-12(15,16)4-2-11/h5-6H,1-4,7,17H2. The molecule has 2 N–H and O–H groups in total. The molecular formula is C12H14F4N2. The summed E-state index contributed by atoms with van der Waals surface area (Å²) in [5.74, 6) is -4.39. The van der Waals surface area contributed by atoms with Crippen molar-refractivity contribution < 1.29 is 17.6 Å². The second-order valence-corrected chi connectivity index (χ2v) is 4.82. The summed E-state index contributed by atoms with van der Waals surface area (Å²) >= 11 is 0. The summed E-state index contributed by atoms with van der Waals surface area (Å²) in [5.41, 5.74) is 4.36. The molecule has 18 heavy (non-hydrogen) atoms. The van der Waals surface area contributed by atoms with E-state index in [0.29, 0.717) is 0 Å². The molecular weight excluding hydrogens is 248 g/mol. The first-order chi connectivity index (χ1) is 8.40. The van der Waals surface area contributed by atoms with Crippen molar-refractivity contribution >= 4 is 0 Å². The minimum absolute atomic E-state index is 0.0195. The predicted molar refractivity (Wildman–Crippen MR) is 58.3 cm³/mol. The molecule has 1 saturated carbocycles. The molecule has 1 aliphatic rings. The van der Waals surface area contributed by atoms with E-state index in [0.717, 1.165) is 12.4 Å². The monoisotopic (exact) mass is 262 g/mol. The number of alkyl halides is 2. The second kappa shape index (κ2) is 4.50. The topological polar surface area (TPSA) is 38.9 Å². The molecule has 6 heteroatoms. The molecule has 1 aliphatic carbocycles. The molecule has 0 atom stereocenters. The molecule has 0 unspecified atom stereocenters. The van der Waals surface area contributed by atoms with E-state index in [9.17, 15) is 17.6 Å². The Morgan fingerprint density at radius 1 is 1.06 bits per heavy atom. The summed E-state index contributed by atoms with van der Waals surface area (Å²) in [4.78, 5) is 3.39. The molecule has 1 fully saturated rings. The number of pyridine rings is 1. The molecule has 0 saturated heterocycles. The van der Waals surface area contributed by atoms with Gasteiger partial charge in [0.15, 0.2) is 0 Å². The first-order valence-electron chi connectivity index (χ1n) is 5.78.